The fraction of sp³-hybridized carbons (Fsp3) is 0.250. The van der Waals surface area contributed by atoms with Crippen molar-refractivity contribution in [2.24, 2.45) is 0 Å². The molecule has 3 nitrogen and oxygen atoms in total. The van der Waals surface area contributed by atoms with Crippen LogP contribution in [0.2, 0.25) is 0 Å². The molecule has 0 bridgehead atoms. The van der Waals surface area contributed by atoms with Gasteiger partial charge in [0.2, 0.25) is 0 Å². The van der Waals surface area contributed by atoms with Crippen molar-refractivity contribution in [3.05, 3.63) is 57.8 Å². The molecular formula is C16H16BrFO3. The van der Waals surface area contributed by atoms with Crippen LogP contribution >= 0.6 is 15.9 Å². The zero-order valence-electron chi connectivity index (χ0n) is 11.8. The topological polar surface area (TPSA) is 38.7 Å². The Kier molecular flexibility index (Phi) is 5.20. The largest absolute Gasteiger partial charge is 0.496 e. The number of aliphatic hydroxyl groups is 1. The maximum absolute atomic E-state index is 13.9. The van der Waals surface area contributed by atoms with E-state index in [0.29, 0.717) is 11.3 Å². The van der Waals surface area contributed by atoms with Gasteiger partial charge >= 0.3 is 0 Å². The quantitative estimate of drug-likeness (QED) is 0.873. The number of benzene rings is 2. The molecule has 0 amide bonds. The van der Waals surface area contributed by atoms with Gasteiger partial charge in [-0.2, -0.15) is 0 Å². The highest BCUT2D eigenvalue weighted by Gasteiger charge is 2.10. The Bertz CT molecular complexity index is 629. The first kappa shape index (κ1) is 15.8. The van der Waals surface area contributed by atoms with Crippen molar-refractivity contribution in [1.29, 1.82) is 0 Å². The van der Waals surface area contributed by atoms with E-state index in [4.69, 9.17) is 9.47 Å². The van der Waals surface area contributed by atoms with E-state index in [2.05, 4.69) is 15.9 Å². The van der Waals surface area contributed by atoms with Crippen molar-refractivity contribution in [2.45, 2.75) is 19.6 Å². The first-order valence-corrected chi connectivity index (χ1v) is 7.23. The summed E-state index contributed by atoms with van der Waals surface area (Å²) >= 11 is 3.38. The van der Waals surface area contributed by atoms with Crippen LogP contribution in [-0.4, -0.2) is 12.2 Å². The first-order valence-electron chi connectivity index (χ1n) is 6.44. The Balaban J connectivity index is 2.15. The van der Waals surface area contributed by atoms with Crippen LogP contribution in [0.3, 0.4) is 0 Å². The Morgan fingerprint density at radius 3 is 2.52 bits per heavy atom. The van der Waals surface area contributed by atoms with Crippen molar-refractivity contribution in [3.8, 4) is 11.5 Å². The monoisotopic (exact) mass is 354 g/mol. The SMILES string of the molecule is COc1ccc(Br)cc1COc1ccc([C@@H](C)O)cc1F. The standard InChI is InChI=1S/C16H16BrFO3/c1-10(19)11-3-5-16(14(18)8-11)21-9-12-7-13(17)4-6-15(12)20-2/h3-8,10,19H,9H2,1-2H3/t10-/m1/s1. The third kappa shape index (κ3) is 3.95. The average Bonchev–Trinajstić information content (AvgIpc) is 2.46. The minimum atomic E-state index is -0.710. The van der Waals surface area contributed by atoms with Gasteiger partial charge in [0.15, 0.2) is 11.6 Å². The van der Waals surface area contributed by atoms with Crippen LogP contribution < -0.4 is 9.47 Å². The van der Waals surface area contributed by atoms with Gasteiger partial charge in [0.05, 0.1) is 13.2 Å². The third-order valence-electron chi connectivity index (χ3n) is 3.06. The molecule has 0 heterocycles. The van der Waals surface area contributed by atoms with Crippen LogP contribution in [0.5, 0.6) is 11.5 Å². The van der Waals surface area contributed by atoms with Crippen molar-refractivity contribution < 1.29 is 19.0 Å². The number of hydrogen-bond acceptors (Lipinski definition) is 3. The second-order valence-electron chi connectivity index (χ2n) is 4.61. The number of rotatable bonds is 5. The number of ether oxygens (including phenoxy) is 2. The molecule has 2 rings (SSSR count). The van der Waals surface area contributed by atoms with Gasteiger partial charge in [-0.1, -0.05) is 22.0 Å². The second-order valence-corrected chi connectivity index (χ2v) is 5.53. The normalized spacial score (nSPS) is 12.0. The molecule has 112 valence electrons. The summed E-state index contributed by atoms with van der Waals surface area (Å²) in [6.07, 6.45) is -0.710. The summed E-state index contributed by atoms with van der Waals surface area (Å²) in [5, 5.41) is 9.42. The van der Waals surface area contributed by atoms with Crippen molar-refractivity contribution in [1.82, 2.24) is 0 Å². The number of hydrogen-bond donors (Lipinski definition) is 1. The number of halogens is 2. The molecule has 0 aliphatic heterocycles. The Morgan fingerprint density at radius 2 is 1.90 bits per heavy atom. The van der Waals surface area contributed by atoms with Gasteiger partial charge in [0, 0.05) is 10.0 Å². The zero-order valence-corrected chi connectivity index (χ0v) is 13.4. The van der Waals surface area contributed by atoms with E-state index in [-0.39, 0.29) is 12.4 Å². The molecule has 21 heavy (non-hydrogen) atoms. The molecule has 0 saturated heterocycles. The summed E-state index contributed by atoms with van der Waals surface area (Å²) in [6.45, 7) is 1.77. The van der Waals surface area contributed by atoms with Crippen LogP contribution in [0.1, 0.15) is 24.2 Å². The molecule has 2 aromatic rings. The maximum Gasteiger partial charge on any atom is 0.165 e. The Morgan fingerprint density at radius 1 is 1.19 bits per heavy atom. The van der Waals surface area contributed by atoms with Crippen LogP contribution in [0.15, 0.2) is 40.9 Å². The smallest absolute Gasteiger partial charge is 0.165 e. The van der Waals surface area contributed by atoms with Gasteiger partial charge in [-0.25, -0.2) is 4.39 Å². The van der Waals surface area contributed by atoms with Crippen LogP contribution in [0, 0.1) is 5.82 Å². The molecule has 2 aromatic carbocycles. The predicted molar refractivity (Wildman–Crippen MR) is 82.1 cm³/mol. The molecule has 0 aromatic heterocycles. The lowest BCUT2D eigenvalue weighted by Gasteiger charge is -2.12. The van der Waals surface area contributed by atoms with E-state index in [1.54, 1.807) is 20.1 Å². The fourth-order valence-electron chi connectivity index (χ4n) is 1.91. The lowest BCUT2D eigenvalue weighted by atomic mass is 10.1. The lowest BCUT2D eigenvalue weighted by Crippen LogP contribution is -2.01. The van der Waals surface area contributed by atoms with Crippen molar-refractivity contribution >= 4 is 15.9 Å². The summed E-state index contributed by atoms with van der Waals surface area (Å²) in [5.41, 5.74) is 1.32. The van der Waals surface area contributed by atoms with E-state index < -0.39 is 11.9 Å². The van der Waals surface area contributed by atoms with E-state index in [1.165, 1.54) is 12.1 Å². The van der Waals surface area contributed by atoms with Gasteiger partial charge in [0.1, 0.15) is 12.4 Å². The molecule has 1 N–H and O–H groups in total. The zero-order chi connectivity index (χ0) is 15.4. The fourth-order valence-corrected chi connectivity index (χ4v) is 2.32. The van der Waals surface area contributed by atoms with Crippen LogP contribution in [0.4, 0.5) is 4.39 Å². The minimum absolute atomic E-state index is 0.140. The van der Waals surface area contributed by atoms with E-state index in [9.17, 15) is 9.50 Å². The maximum atomic E-state index is 13.9. The van der Waals surface area contributed by atoms with Crippen molar-refractivity contribution in [2.75, 3.05) is 7.11 Å². The number of aliphatic hydroxyl groups excluding tert-OH is 1. The highest BCUT2D eigenvalue weighted by Crippen LogP contribution is 2.26. The minimum Gasteiger partial charge on any atom is -0.496 e. The summed E-state index contributed by atoms with van der Waals surface area (Å²) < 4.78 is 25.5. The molecule has 1 atom stereocenters. The molecule has 0 fully saturated rings. The molecule has 0 radical (unpaired) electrons. The molecule has 5 heteroatoms. The molecule has 0 spiro atoms. The highest BCUT2D eigenvalue weighted by molar-refractivity contribution is 9.10. The average molecular weight is 355 g/mol. The molecule has 0 unspecified atom stereocenters. The second kappa shape index (κ2) is 6.91. The molecule has 0 saturated carbocycles. The summed E-state index contributed by atoms with van der Waals surface area (Å²) in [7, 11) is 1.57. The van der Waals surface area contributed by atoms with Gasteiger partial charge in [0.25, 0.3) is 0 Å². The van der Waals surface area contributed by atoms with E-state index in [0.717, 1.165) is 10.0 Å². The van der Waals surface area contributed by atoms with Crippen LogP contribution in [-0.2, 0) is 6.61 Å². The highest BCUT2D eigenvalue weighted by atomic mass is 79.9. The van der Waals surface area contributed by atoms with Gasteiger partial charge in [-0.15, -0.1) is 0 Å². The van der Waals surface area contributed by atoms with E-state index >= 15 is 0 Å². The summed E-state index contributed by atoms with van der Waals surface area (Å²) in [6, 6.07) is 9.97. The molecule has 0 aliphatic carbocycles. The third-order valence-corrected chi connectivity index (χ3v) is 3.56. The molecular weight excluding hydrogens is 339 g/mol. The predicted octanol–water partition coefficient (Wildman–Crippen LogP) is 4.23. The first-order chi connectivity index (χ1) is 10.0. The van der Waals surface area contributed by atoms with Gasteiger partial charge in [-0.05, 0) is 42.8 Å². The van der Waals surface area contributed by atoms with E-state index in [1.807, 2.05) is 18.2 Å². The summed E-state index contributed by atoms with van der Waals surface area (Å²) in [5.74, 6) is 0.322. The Hall–Kier alpha value is -1.59. The molecule has 0 aliphatic rings. The van der Waals surface area contributed by atoms with Gasteiger partial charge in [-0.3, -0.25) is 0 Å². The van der Waals surface area contributed by atoms with Crippen molar-refractivity contribution in [3.63, 3.8) is 0 Å². The van der Waals surface area contributed by atoms with Gasteiger partial charge < -0.3 is 14.6 Å². The Labute approximate surface area is 131 Å². The summed E-state index contributed by atoms with van der Waals surface area (Å²) in [4.78, 5) is 0. The van der Waals surface area contributed by atoms with Crippen LogP contribution in [0.25, 0.3) is 0 Å². The number of methoxy groups -OCH3 is 1. The lowest BCUT2D eigenvalue weighted by molar-refractivity contribution is 0.198.